The topological polar surface area (TPSA) is 91.3 Å². The van der Waals surface area contributed by atoms with Crippen LogP contribution >= 0.6 is 0 Å². The molecule has 4 atom stereocenters. The molecule has 6 nitrogen and oxygen atoms in total. The Morgan fingerprint density at radius 2 is 2.22 bits per heavy atom. The van der Waals surface area contributed by atoms with Crippen LogP contribution < -0.4 is 10.6 Å². The fourth-order valence-electron chi connectivity index (χ4n) is 5.68. The van der Waals surface area contributed by atoms with E-state index in [0.717, 1.165) is 30.7 Å². The number of likely N-dealkylation sites (tertiary alicyclic amines) is 1. The maximum absolute atomic E-state index is 11.8. The van der Waals surface area contributed by atoms with Gasteiger partial charge in [-0.1, -0.05) is 6.07 Å². The van der Waals surface area contributed by atoms with E-state index in [2.05, 4.69) is 17.0 Å². The number of ether oxygens (including phenoxy) is 1. The van der Waals surface area contributed by atoms with Gasteiger partial charge in [0.25, 0.3) is 0 Å². The predicted molar refractivity (Wildman–Crippen MR) is 84.7 cm³/mol. The molecule has 1 spiro atoms. The van der Waals surface area contributed by atoms with E-state index in [9.17, 15) is 10.2 Å². The van der Waals surface area contributed by atoms with Crippen LogP contribution in [0.3, 0.4) is 0 Å². The molecule has 6 heteroatoms. The van der Waals surface area contributed by atoms with Gasteiger partial charge in [-0.15, -0.1) is 0 Å². The van der Waals surface area contributed by atoms with Gasteiger partial charge in [-0.05, 0) is 50.9 Å². The fourth-order valence-corrected chi connectivity index (χ4v) is 5.68. The maximum Gasteiger partial charge on any atom is 0.166 e. The first kappa shape index (κ1) is 13.6. The van der Waals surface area contributed by atoms with Crippen molar-refractivity contribution in [2.45, 2.75) is 48.8 Å². The number of aromatic hydroxyl groups is 1. The minimum Gasteiger partial charge on any atom is -0.504 e. The second kappa shape index (κ2) is 3.99. The third-order valence-electron chi connectivity index (χ3n) is 6.71. The van der Waals surface area contributed by atoms with Gasteiger partial charge in [0.15, 0.2) is 17.6 Å². The van der Waals surface area contributed by atoms with Gasteiger partial charge in [-0.2, -0.15) is 5.10 Å². The van der Waals surface area contributed by atoms with E-state index in [0.29, 0.717) is 18.6 Å². The van der Waals surface area contributed by atoms with E-state index in [1.54, 1.807) is 6.07 Å². The van der Waals surface area contributed by atoms with Crippen molar-refractivity contribution in [1.82, 2.24) is 4.90 Å². The number of hydrazone groups is 1. The van der Waals surface area contributed by atoms with Crippen LogP contribution in [-0.2, 0) is 11.8 Å². The first-order valence-corrected chi connectivity index (χ1v) is 8.24. The molecule has 1 aromatic rings. The lowest BCUT2D eigenvalue weighted by atomic mass is 9.49. The first-order chi connectivity index (χ1) is 11.0. The molecule has 0 unspecified atom stereocenters. The number of nitrogens with two attached hydrogens (primary N) is 1. The van der Waals surface area contributed by atoms with Gasteiger partial charge in [-0.3, -0.25) is 0 Å². The summed E-state index contributed by atoms with van der Waals surface area (Å²) in [5, 5.41) is 26.1. The van der Waals surface area contributed by atoms with Crippen molar-refractivity contribution in [2.75, 3.05) is 13.6 Å². The van der Waals surface area contributed by atoms with Crippen LogP contribution in [0.4, 0.5) is 0 Å². The molecule has 1 saturated heterocycles. The molecule has 1 saturated carbocycles. The highest BCUT2D eigenvalue weighted by Gasteiger charge is 2.72. The monoisotopic (exact) mass is 315 g/mol. The highest BCUT2D eigenvalue weighted by Crippen LogP contribution is 2.64. The number of phenols is 1. The molecule has 2 fully saturated rings. The van der Waals surface area contributed by atoms with Gasteiger partial charge < -0.3 is 25.7 Å². The zero-order valence-corrected chi connectivity index (χ0v) is 13.1. The van der Waals surface area contributed by atoms with Crippen LogP contribution in [0.25, 0.3) is 0 Å². The Balaban J connectivity index is 1.86. The van der Waals surface area contributed by atoms with Gasteiger partial charge in [0.1, 0.15) is 0 Å². The summed E-state index contributed by atoms with van der Waals surface area (Å²) in [6, 6.07) is 3.73. The lowest BCUT2D eigenvalue weighted by Crippen LogP contribution is -2.76. The molecule has 4 aliphatic rings. The molecule has 0 radical (unpaired) electrons. The third-order valence-corrected chi connectivity index (χ3v) is 6.71. The molecule has 0 aromatic heterocycles. The smallest absolute Gasteiger partial charge is 0.166 e. The lowest BCUT2D eigenvalue weighted by Gasteiger charge is -2.62. The highest BCUT2D eigenvalue weighted by atomic mass is 16.5. The largest absolute Gasteiger partial charge is 0.504 e. The van der Waals surface area contributed by atoms with E-state index in [1.165, 1.54) is 5.56 Å². The van der Waals surface area contributed by atoms with E-state index in [4.69, 9.17) is 10.6 Å². The standard InChI is InChI=1S/C17H21N3O3/c1-20-7-6-16-13-9-2-3-11(21)14(13)23-15(16)10(19-18)4-5-17(16,22)12(20)8-9/h2-3,12,15,21-22H,4-8,18H2,1H3/b19-10-/t12-,15+,16+,17-/m1/s1. The summed E-state index contributed by atoms with van der Waals surface area (Å²) < 4.78 is 6.17. The molecule has 23 heavy (non-hydrogen) atoms. The second-order valence-corrected chi connectivity index (χ2v) is 7.41. The van der Waals surface area contributed by atoms with Crippen LogP contribution in [0.2, 0.25) is 0 Å². The van der Waals surface area contributed by atoms with Crippen molar-refractivity contribution in [3.05, 3.63) is 23.3 Å². The Bertz CT molecular complexity index is 749. The number of benzene rings is 1. The van der Waals surface area contributed by atoms with Gasteiger partial charge in [0.05, 0.1) is 16.7 Å². The van der Waals surface area contributed by atoms with Gasteiger partial charge >= 0.3 is 0 Å². The van der Waals surface area contributed by atoms with Crippen molar-refractivity contribution >= 4 is 5.71 Å². The Morgan fingerprint density at radius 3 is 3.00 bits per heavy atom. The van der Waals surface area contributed by atoms with E-state index in [-0.39, 0.29) is 17.9 Å². The van der Waals surface area contributed by atoms with E-state index < -0.39 is 11.0 Å². The minimum absolute atomic E-state index is 0.0599. The number of aliphatic hydroxyl groups is 1. The molecule has 2 aliphatic carbocycles. The molecule has 4 N–H and O–H groups in total. The third kappa shape index (κ3) is 1.29. The van der Waals surface area contributed by atoms with Crippen LogP contribution in [0, 0.1) is 0 Å². The number of rotatable bonds is 0. The number of hydrogen-bond donors (Lipinski definition) is 3. The average molecular weight is 315 g/mol. The van der Waals surface area contributed by atoms with E-state index in [1.807, 2.05) is 6.07 Å². The summed E-state index contributed by atoms with van der Waals surface area (Å²) in [7, 11) is 2.08. The van der Waals surface area contributed by atoms with Crippen molar-refractivity contribution in [3.8, 4) is 11.5 Å². The summed E-state index contributed by atoms with van der Waals surface area (Å²) in [6.07, 6.45) is 2.46. The Morgan fingerprint density at radius 1 is 1.39 bits per heavy atom. The number of hydrogen-bond acceptors (Lipinski definition) is 6. The van der Waals surface area contributed by atoms with Crippen molar-refractivity contribution in [1.29, 1.82) is 0 Å². The SMILES string of the molecule is CN1CC[C@]23c4c5ccc(O)c4O[C@H]2/C(=N\N)CC[C@@]3(O)[C@H]1C5. The van der Waals surface area contributed by atoms with Crippen LogP contribution in [0.15, 0.2) is 17.2 Å². The predicted octanol–water partition coefficient (Wildman–Crippen LogP) is 0.491. The van der Waals surface area contributed by atoms with Gasteiger partial charge in [0, 0.05) is 11.6 Å². The Kier molecular flexibility index (Phi) is 2.37. The van der Waals surface area contributed by atoms with Gasteiger partial charge in [0.2, 0.25) is 0 Å². The molecular formula is C17H21N3O3. The van der Waals surface area contributed by atoms with E-state index >= 15 is 0 Å². The maximum atomic E-state index is 11.8. The number of piperidine rings is 1. The molecule has 2 bridgehead atoms. The lowest BCUT2D eigenvalue weighted by molar-refractivity contribution is -0.160. The molecule has 122 valence electrons. The normalized spacial score (nSPS) is 42.4. The number of likely N-dealkylation sites (N-methyl/N-ethyl adjacent to an activating group) is 1. The zero-order chi connectivity index (χ0) is 16.0. The van der Waals surface area contributed by atoms with Crippen molar-refractivity contribution in [3.63, 3.8) is 0 Å². The molecule has 2 aliphatic heterocycles. The molecule has 2 heterocycles. The van der Waals surface area contributed by atoms with Crippen LogP contribution in [0.5, 0.6) is 11.5 Å². The highest BCUT2D eigenvalue weighted by molar-refractivity contribution is 5.94. The summed E-state index contributed by atoms with van der Waals surface area (Å²) in [5.41, 5.74) is 1.55. The Labute approximate surface area is 134 Å². The quantitative estimate of drug-likeness (QED) is 0.479. The zero-order valence-electron chi connectivity index (χ0n) is 13.1. The summed E-state index contributed by atoms with van der Waals surface area (Å²) in [4.78, 5) is 2.26. The van der Waals surface area contributed by atoms with Gasteiger partial charge in [-0.25, -0.2) is 0 Å². The fraction of sp³-hybridized carbons (Fsp3) is 0.588. The molecule has 0 amide bonds. The minimum atomic E-state index is -0.870. The second-order valence-electron chi connectivity index (χ2n) is 7.41. The summed E-state index contributed by atoms with van der Waals surface area (Å²) in [5.74, 6) is 6.29. The van der Waals surface area contributed by atoms with Crippen molar-refractivity contribution in [2.24, 2.45) is 10.9 Å². The number of phenolic OH excluding ortho intramolecular Hbond substituents is 1. The summed E-state index contributed by atoms with van der Waals surface area (Å²) >= 11 is 0. The summed E-state index contributed by atoms with van der Waals surface area (Å²) in [6.45, 7) is 0.888. The van der Waals surface area contributed by atoms with Crippen LogP contribution in [-0.4, -0.2) is 52.2 Å². The Hall–Kier alpha value is -1.79. The molecular weight excluding hydrogens is 294 g/mol. The molecule has 5 rings (SSSR count). The first-order valence-electron chi connectivity index (χ1n) is 8.24. The van der Waals surface area contributed by atoms with Crippen LogP contribution in [0.1, 0.15) is 30.4 Å². The van der Waals surface area contributed by atoms with Crippen molar-refractivity contribution < 1.29 is 14.9 Å². The number of nitrogens with zero attached hydrogens (tertiary/aromatic N) is 2. The average Bonchev–Trinajstić information content (AvgIpc) is 2.89. The molecule has 1 aromatic carbocycles.